The highest BCUT2D eigenvalue weighted by atomic mass is 19.1. The first-order chi connectivity index (χ1) is 9.88. The second-order valence-corrected chi connectivity index (χ2v) is 6.50. The van der Waals surface area contributed by atoms with Gasteiger partial charge in [-0.3, -0.25) is 10.1 Å². The summed E-state index contributed by atoms with van der Waals surface area (Å²) in [5.74, 6) is 0.993. The van der Waals surface area contributed by atoms with Crippen molar-refractivity contribution in [3.8, 4) is 0 Å². The molecule has 1 aliphatic rings. The maximum absolute atomic E-state index is 13.7. The minimum Gasteiger partial charge on any atom is -0.382 e. The van der Waals surface area contributed by atoms with Crippen molar-refractivity contribution < 1.29 is 9.31 Å². The summed E-state index contributed by atoms with van der Waals surface area (Å²) in [5, 5.41) is 14.0. The highest BCUT2D eigenvalue weighted by Gasteiger charge is 2.30. The molecule has 0 saturated heterocycles. The Kier molecular flexibility index (Phi) is 4.80. The number of rotatable bonds is 4. The molecule has 1 saturated carbocycles. The van der Waals surface area contributed by atoms with Gasteiger partial charge in [-0.1, -0.05) is 27.2 Å². The number of nitrogens with one attached hydrogen (secondary N) is 1. The molecule has 4 nitrogen and oxygen atoms in total. The topological polar surface area (TPSA) is 55.2 Å². The number of halogens is 1. The molecule has 0 heterocycles. The molecule has 1 fully saturated rings. The van der Waals surface area contributed by atoms with Crippen LogP contribution in [0.1, 0.15) is 40.0 Å². The van der Waals surface area contributed by atoms with Crippen LogP contribution in [-0.2, 0) is 0 Å². The Bertz CT molecular complexity index is 519. The number of benzene rings is 1. The second kappa shape index (κ2) is 6.41. The summed E-state index contributed by atoms with van der Waals surface area (Å²) in [4.78, 5) is 9.96. The van der Waals surface area contributed by atoms with E-state index in [0.717, 1.165) is 6.42 Å². The minimum absolute atomic E-state index is 0.301. The van der Waals surface area contributed by atoms with Gasteiger partial charge in [0.05, 0.1) is 4.92 Å². The van der Waals surface area contributed by atoms with Gasteiger partial charge in [0.25, 0.3) is 0 Å². The molecule has 0 amide bonds. The summed E-state index contributed by atoms with van der Waals surface area (Å²) in [6, 6.07) is 4.36. The van der Waals surface area contributed by atoms with Crippen molar-refractivity contribution >= 4 is 11.4 Å². The van der Waals surface area contributed by atoms with E-state index in [-0.39, 0.29) is 0 Å². The third kappa shape index (κ3) is 3.71. The van der Waals surface area contributed by atoms with Crippen LogP contribution in [0, 0.1) is 33.7 Å². The standard InChI is InChI=1S/C16H23FN2O2/c1-10(2)13-6-4-11(3)8-15(13)18-12-5-7-16(19(20)21)14(17)9-12/h5,7,9-11,13,15,18H,4,6,8H2,1-3H3. The first kappa shape index (κ1) is 15.7. The average molecular weight is 294 g/mol. The van der Waals surface area contributed by atoms with Crippen LogP contribution in [-0.4, -0.2) is 11.0 Å². The Hall–Kier alpha value is -1.65. The van der Waals surface area contributed by atoms with Crippen molar-refractivity contribution in [1.29, 1.82) is 0 Å². The van der Waals surface area contributed by atoms with Gasteiger partial charge in [0.15, 0.2) is 0 Å². The van der Waals surface area contributed by atoms with Gasteiger partial charge in [-0.15, -0.1) is 0 Å². The van der Waals surface area contributed by atoms with Crippen molar-refractivity contribution in [2.75, 3.05) is 5.32 Å². The maximum atomic E-state index is 13.7. The lowest BCUT2D eigenvalue weighted by Gasteiger charge is -2.38. The van der Waals surface area contributed by atoms with Crippen molar-refractivity contribution in [2.24, 2.45) is 17.8 Å². The third-order valence-corrected chi connectivity index (χ3v) is 4.52. The molecule has 1 aliphatic carbocycles. The largest absolute Gasteiger partial charge is 0.382 e. The molecule has 1 N–H and O–H groups in total. The Morgan fingerprint density at radius 3 is 2.67 bits per heavy atom. The van der Waals surface area contributed by atoms with Gasteiger partial charge in [0.1, 0.15) is 0 Å². The summed E-state index contributed by atoms with van der Waals surface area (Å²) < 4.78 is 13.7. The Morgan fingerprint density at radius 1 is 1.38 bits per heavy atom. The predicted molar refractivity (Wildman–Crippen MR) is 81.8 cm³/mol. The monoisotopic (exact) mass is 294 g/mol. The maximum Gasteiger partial charge on any atom is 0.304 e. The molecule has 21 heavy (non-hydrogen) atoms. The molecule has 5 heteroatoms. The molecule has 3 atom stereocenters. The number of nitrogens with zero attached hydrogens (tertiary/aromatic N) is 1. The number of anilines is 1. The van der Waals surface area contributed by atoms with E-state index in [1.54, 1.807) is 6.07 Å². The molecular weight excluding hydrogens is 271 g/mol. The average Bonchev–Trinajstić information content (AvgIpc) is 2.37. The molecule has 0 radical (unpaired) electrons. The number of nitro benzene ring substituents is 1. The van der Waals surface area contributed by atoms with Crippen molar-refractivity contribution in [3.05, 3.63) is 34.1 Å². The van der Waals surface area contributed by atoms with Gasteiger partial charge in [0.2, 0.25) is 5.82 Å². The normalized spacial score (nSPS) is 25.9. The van der Waals surface area contributed by atoms with Crippen LogP contribution in [0.4, 0.5) is 15.8 Å². The van der Waals surface area contributed by atoms with Crippen LogP contribution < -0.4 is 5.32 Å². The lowest BCUT2D eigenvalue weighted by atomic mass is 9.74. The molecule has 116 valence electrons. The molecule has 0 aliphatic heterocycles. The van der Waals surface area contributed by atoms with Crippen LogP contribution in [0.5, 0.6) is 0 Å². The van der Waals surface area contributed by atoms with Crippen LogP contribution in [0.3, 0.4) is 0 Å². The number of nitro groups is 1. The lowest BCUT2D eigenvalue weighted by Crippen LogP contribution is -2.37. The van der Waals surface area contributed by atoms with Gasteiger partial charge in [-0.05, 0) is 36.7 Å². The second-order valence-electron chi connectivity index (χ2n) is 6.50. The fourth-order valence-corrected chi connectivity index (χ4v) is 3.33. The van der Waals surface area contributed by atoms with E-state index < -0.39 is 16.4 Å². The van der Waals surface area contributed by atoms with Gasteiger partial charge >= 0.3 is 5.69 Å². The molecule has 1 aromatic rings. The first-order valence-corrected chi connectivity index (χ1v) is 7.59. The van der Waals surface area contributed by atoms with Crippen LogP contribution in [0.2, 0.25) is 0 Å². The lowest BCUT2D eigenvalue weighted by molar-refractivity contribution is -0.387. The zero-order valence-corrected chi connectivity index (χ0v) is 12.8. The predicted octanol–water partition coefficient (Wildman–Crippen LogP) is 4.61. The van der Waals surface area contributed by atoms with E-state index in [1.165, 1.54) is 25.0 Å². The van der Waals surface area contributed by atoms with Gasteiger partial charge in [-0.25, -0.2) is 0 Å². The Labute approximate surface area is 124 Å². The number of hydrogen-bond acceptors (Lipinski definition) is 3. The quantitative estimate of drug-likeness (QED) is 0.652. The van der Waals surface area contributed by atoms with E-state index in [9.17, 15) is 14.5 Å². The zero-order chi connectivity index (χ0) is 15.6. The molecule has 3 unspecified atom stereocenters. The van der Waals surface area contributed by atoms with Gasteiger partial charge in [0, 0.05) is 23.9 Å². The molecule has 0 aromatic heterocycles. The number of hydrogen-bond donors (Lipinski definition) is 1. The van der Waals surface area contributed by atoms with Gasteiger partial charge in [-0.2, -0.15) is 4.39 Å². The highest BCUT2D eigenvalue weighted by Crippen LogP contribution is 2.35. The van der Waals surface area contributed by atoms with Crippen molar-refractivity contribution in [2.45, 2.75) is 46.1 Å². The SMILES string of the molecule is CC1CCC(C(C)C)C(Nc2ccc([N+](=O)[O-])c(F)c2)C1. The van der Waals surface area contributed by atoms with Crippen molar-refractivity contribution in [3.63, 3.8) is 0 Å². The van der Waals surface area contributed by atoms with Crippen LogP contribution in [0.15, 0.2) is 18.2 Å². The Morgan fingerprint density at radius 2 is 2.10 bits per heavy atom. The van der Waals surface area contributed by atoms with E-state index in [4.69, 9.17) is 0 Å². The van der Waals surface area contributed by atoms with Gasteiger partial charge < -0.3 is 5.32 Å². The third-order valence-electron chi connectivity index (χ3n) is 4.52. The molecule has 2 rings (SSSR count). The molecule has 0 bridgehead atoms. The Balaban J connectivity index is 2.15. The molecule has 1 aromatic carbocycles. The van der Waals surface area contributed by atoms with Crippen molar-refractivity contribution in [1.82, 2.24) is 0 Å². The fourth-order valence-electron chi connectivity index (χ4n) is 3.33. The smallest absolute Gasteiger partial charge is 0.304 e. The van der Waals surface area contributed by atoms with Crippen LogP contribution >= 0.6 is 0 Å². The summed E-state index contributed by atoms with van der Waals surface area (Å²) >= 11 is 0. The van der Waals surface area contributed by atoms with E-state index >= 15 is 0 Å². The van der Waals surface area contributed by atoms with E-state index in [1.807, 2.05) is 0 Å². The first-order valence-electron chi connectivity index (χ1n) is 7.59. The summed E-state index contributed by atoms with van der Waals surface area (Å²) in [5.41, 5.74) is 0.154. The summed E-state index contributed by atoms with van der Waals surface area (Å²) in [7, 11) is 0. The fraction of sp³-hybridized carbons (Fsp3) is 0.625. The highest BCUT2D eigenvalue weighted by molar-refractivity contribution is 5.50. The summed E-state index contributed by atoms with van der Waals surface area (Å²) in [6.07, 6.45) is 3.46. The molecular formula is C16H23FN2O2. The van der Waals surface area contributed by atoms with Crippen LogP contribution in [0.25, 0.3) is 0 Å². The molecule has 0 spiro atoms. The van der Waals surface area contributed by atoms with E-state index in [0.29, 0.717) is 29.5 Å². The summed E-state index contributed by atoms with van der Waals surface area (Å²) in [6.45, 7) is 6.67. The minimum atomic E-state index is -0.782. The zero-order valence-electron chi connectivity index (χ0n) is 12.8. The van der Waals surface area contributed by atoms with E-state index in [2.05, 4.69) is 26.1 Å².